The molecule has 1 unspecified atom stereocenters. The van der Waals surface area contributed by atoms with Crippen LogP contribution in [0, 0.1) is 12.8 Å². The summed E-state index contributed by atoms with van der Waals surface area (Å²) in [6, 6.07) is 8.17. The summed E-state index contributed by atoms with van der Waals surface area (Å²) >= 11 is 0. The van der Waals surface area contributed by atoms with Crippen LogP contribution in [0.15, 0.2) is 24.3 Å². The van der Waals surface area contributed by atoms with Crippen molar-refractivity contribution < 1.29 is 8.42 Å². The van der Waals surface area contributed by atoms with Crippen molar-refractivity contribution in [1.29, 1.82) is 0 Å². The van der Waals surface area contributed by atoms with Crippen LogP contribution in [0.25, 0.3) is 10.9 Å². The summed E-state index contributed by atoms with van der Waals surface area (Å²) in [5.41, 5.74) is 4.45. The van der Waals surface area contributed by atoms with Gasteiger partial charge in [0.05, 0.1) is 11.8 Å². The van der Waals surface area contributed by atoms with Crippen molar-refractivity contribution in [3.63, 3.8) is 0 Å². The van der Waals surface area contributed by atoms with Gasteiger partial charge in [0.25, 0.3) is 0 Å². The van der Waals surface area contributed by atoms with Crippen molar-refractivity contribution in [3.8, 4) is 0 Å². The number of nitrogens with one attached hydrogen (secondary N) is 1. The number of rotatable bonds is 5. The number of anilines is 1. The molecule has 0 radical (unpaired) electrons. The number of para-hydroxylation sites is 1. The molecule has 2 aromatic rings. The molecule has 1 aromatic carbocycles. The Bertz CT molecular complexity index is 849. The first kappa shape index (κ1) is 17.2. The Morgan fingerprint density at radius 1 is 1.33 bits per heavy atom. The van der Waals surface area contributed by atoms with Gasteiger partial charge in [0.1, 0.15) is 0 Å². The fourth-order valence-electron chi connectivity index (χ4n) is 3.52. The van der Waals surface area contributed by atoms with E-state index in [4.69, 9.17) is 4.98 Å². The van der Waals surface area contributed by atoms with Gasteiger partial charge in [-0.2, -0.15) is 0 Å². The molecule has 0 saturated carbocycles. The van der Waals surface area contributed by atoms with Crippen molar-refractivity contribution in [2.75, 3.05) is 31.2 Å². The molecule has 1 fully saturated rings. The highest BCUT2D eigenvalue weighted by molar-refractivity contribution is 7.88. The van der Waals surface area contributed by atoms with Gasteiger partial charge < -0.3 is 5.32 Å². The van der Waals surface area contributed by atoms with Crippen LogP contribution in [0.2, 0.25) is 0 Å². The first-order chi connectivity index (χ1) is 11.4. The Balaban J connectivity index is 1.83. The highest BCUT2D eigenvalue weighted by Crippen LogP contribution is 2.30. The summed E-state index contributed by atoms with van der Waals surface area (Å²) in [5.74, 6) is 0.344. The number of aryl methyl sites for hydroxylation is 1. The lowest BCUT2D eigenvalue weighted by Crippen LogP contribution is -2.28. The number of hydrogen-bond donors (Lipinski definition) is 1. The van der Waals surface area contributed by atoms with E-state index in [-0.39, 0.29) is 0 Å². The molecule has 1 aliphatic rings. The van der Waals surface area contributed by atoms with Gasteiger partial charge in [-0.25, -0.2) is 12.7 Å². The highest BCUT2D eigenvalue weighted by Gasteiger charge is 2.28. The van der Waals surface area contributed by atoms with Crippen LogP contribution in [0.3, 0.4) is 0 Å². The molecule has 0 bridgehead atoms. The molecule has 1 N–H and O–H groups in total. The Morgan fingerprint density at radius 3 is 2.75 bits per heavy atom. The molecule has 3 rings (SSSR count). The van der Waals surface area contributed by atoms with E-state index in [9.17, 15) is 8.42 Å². The standard InChI is InChI=1S/C18H25N3O2S/c1-4-15-13(2)20-17-8-6-5-7-16(17)18(15)19-11-14-9-10-21(12-14)24(3,22)23/h5-8,14H,4,9-12H2,1-3H3,(H,19,20). The molecule has 1 atom stereocenters. The average Bonchev–Trinajstić information content (AvgIpc) is 3.01. The maximum absolute atomic E-state index is 11.7. The normalized spacial score (nSPS) is 19.0. The second-order valence-electron chi connectivity index (χ2n) is 6.58. The first-order valence-corrected chi connectivity index (χ1v) is 10.3. The summed E-state index contributed by atoms with van der Waals surface area (Å²) in [7, 11) is -3.08. The maximum Gasteiger partial charge on any atom is 0.211 e. The zero-order chi connectivity index (χ0) is 17.3. The topological polar surface area (TPSA) is 62.3 Å². The summed E-state index contributed by atoms with van der Waals surface area (Å²) in [6.07, 6.45) is 3.12. The van der Waals surface area contributed by atoms with Crippen LogP contribution in [-0.4, -0.2) is 43.6 Å². The van der Waals surface area contributed by atoms with Crippen molar-refractivity contribution >= 4 is 26.6 Å². The highest BCUT2D eigenvalue weighted by atomic mass is 32.2. The minimum atomic E-state index is -3.08. The largest absolute Gasteiger partial charge is 0.384 e. The molecule has 5 nitrogen and oxygen atoms in total. The molecule has 6 heteroatoms. The molecule has 1 saturated heterocycles. The molecule has 1 aromatic heterocycles. The van der Waals surface area contributed by atoms with Gasteiger partial charge in [0.2, 0.25) is 10.0 Å². The fraction of sp³-hybridized carbons (Fsp3) is 0.500. The van der Waals surface area contributed by atoms with Crippen LogP contribution >= 0.6 is 0 Å². The van der Waals surface area contributed by atoms with E-state index < -0.39 is 10.0 Å². The van der Waals surface area contributed by atoms with Crippen LogP contribution in [-0.2, 0) is 16.4 Å². The molecular weight excluding hydrogens is 322 g/mol. The number of sulfonamides is 1. The Kier molecular flexibility index (Phi) is 4.78. The minimum Gasteiger partial charge on any atom is -0.384 e. The van der Waals surface area contributed by atoms with Crippen LogP contribution in [0.5, 0.6) is 0 Å². The monoisotopic (exact) mass is 347 g/mol. The predicted molar refractivity (Wildman–Crippen MR) is 98.9 cm³/mol. The Morgan fingerprint density at radius 2 is 2.08 bits per heavy atom. The maximum atomic E-state index is 11.7. The van der Waals surface area contributed by atoms with Crippen molar-refractivity contribution in [2.45, 2.75) is 26.7 Å². The van der Waals surface area contributed by atoms with E-state index >= 15 is 0 Å². The van der Waals surface area contributed by atoms with Gasteiger partial charge in [0.15, 0.2) is 0 Å². The molecular formula is C18H25N3O2S. The van der Waals surface area contributed by atoms with Gasteiger partial charge in [0, 0.05) is 36.4 Å². The number of nitrogens with zero attached hydrogens (tertiary/aromatic N) is 2. The SMILES string of the molecule is CCc1c(C)nc2ccccc2c1NCC1CCN(S(C)(=O)=O)C1. The smallest absolute Gasteiger partial charge is 0.211 e. The number of benzene rings is 1. The molecule has 0 amide bonds. The molecule has 130 valence electrons. The third-order valence-corrected chi connectivity index (χ3v) is 6.11. The van der Waals surface area contributed by atoms with Crippen LogP contribution < -0.4 is 5.32 Å². The zero-order valence-electron chi connectivity index (χ0n) is 14.5. The third-order valence-electron chi connectivity index (χ3n) is 4.84. The lowest BCUT2D eigenvalue weighted by molar-refractivity contribution is 0.466. The summed E-state index contributed by atoms with van der Waals surface area (Å²) in [4.78, 5) is 4.70. The summed E-state index contributed by atoms with van der Waals surface area (Å²) in [6.45, 7) is 6.21. The molecule has 24 heavy (non-hydrogen) atoms. The number of hydrogen-bond acceptors (Lipinski definition) is 4. The van der Waals surface area contributed by atoms with Gasteiger partial charge in [-0.3, -0.25) is 4.98 Å². The minimum absolute atomic E-state index is 0.344. The zero-order valence-corrected chi connectivity index (χ0v) is 15.4. The van der Waals surface area contributed by atoms with Crippen LogP contribution in [0.4, 0.5) is 5.69 Å². The Labute approximate surface area is 144 Å². The van der Waals surface area contributed by atoms with E-state index in [2.05, 4.69) is 25.2 Å². The van der Waals surface area contributed by atoms with Gasteiger partial charge in [-0.05, 0) is 37.3 Å². The average molecular weight is 347 g/mol. The van der Waals surface area contributed by atoms with Gasteiger partial charge >= 0.3 is 0 Å². The number of aromatic nitrogens is 1. The second-order valence-corrected chi connectivity index (χ2v) is 8.56. The van der Waals surface area contributed by atoms with Gasteiger partial charge in [-0.15, -0.1) is 0 Å². The summed E-state index contributed by atoms with van der Waals surface area (Å²) < 4.78 is 24.9. The van der Waals surface area contributed by atoms with Gasteiger partial charge in [-0.1, -0.05) is 25.1 Å². The van der Waals surface area contributed by atoms with Crippen molar-refractivity contribution in [2.24, 2.45) is 5.92 Å². The van der Waals surface area contributed by atoms with Crippen molar-refractivity contribution in [3.05, 3.63) is 35.5 Å². The number of pyridine rings is 1. The van der Waals surface area contributed by atoms with E-state index in [0.717, 1.165) is 41.7 Å². The molecule has 0 spiro atoms. The lowest BCUT2D eigenvalue weighted by Gasteiger charge is -2.19. The second kappa shape index (κ2) is 6.69. The summed E-state index contributed by atoms with van der Waals surface area (Å²) in [5, 5.41) is 4.74. The third kappa shape index (κ3) is 3.39. The van der Waals surface area contributed by atoms with Crippen molar-refractivity contribution in [1.82, 2.24) is 9.29 Å². The molecule has 0 aliphatic carbocycles. The van der Waals surface area contributed by atoms with Crippen LogP contribution in [0.1, 0.15) is 24.6 Å². The van der Waals surface area contributed by atoms with E-state index in [1.165, 1.54) is 11.8 Å². The fourth-order valence-corrected chi connectivity index (χ4v) is 4.44. The molecule has 1 aliphatic heterocycles. The van der Waals surface area contributed by atoms with E-state index in [1.54, 1.807) is 4.31 Å². The van der Waals surface area contributed by atoms with E-state index in [0.29, 0.717) is 19.0 Å². The Hall–Kier alpha value is -1.66. The number of fused-ring (bicyclic) bond motifs is 1. The van der Waals surface area contributed by atoms with E-state index in [1.807, 2.05) is 18.2 Å². The first-order valence-electron chi connectivity index (χ1n) is 8.47. The lowest BCUT2D eigenvalue weighted by atomic mass is 10.0. The molecule has 2 heterocycles. The predicted octanol–water partition coefficient (Wildman–Crippen LogP) is 2.80. The quantitative estimate of drug-likeness (QED) is 0.903.